The van der Waals surface area contributed by atoms with Gasteiger partial charge in [0.25, 0.3) is 0 Å². The molecule has 0 radical (unpaired) electrons. The molecule has 2 saturated heterocycles. The van der Waals surface area contributed by atoms with E-state index in [1.165, 1.54) is 7.11 Å². The van der Waals surface area contributed by atoms with E-state index < -0.39 is 0 Å². The number of aromatic nitrogens is 4. The van der Waals surface area contributed by atoms with Crippen LogP contribution in [0.15, 0.2) is 36.7 Å². The third kappa shape index (κ3) is 7.80. The van der Waals surface area contributed by atoms with Crippen molar-refractivity contribution in [1.82, 2.24) is 19.9 Å². The smallest absolute Gasteiger partial charge is 0.339 e. The Kier molecular flexibility index (Phi) is 12.3. The van der Waals surface area contributed by atoms with Gasteiger partial charge in [-0.1, -0.05) is 41.5 Å². The summed E-state index contributed by atoms with van der Waals surface area (Å²) >= 11 is 0. The number of anilines is 3. The second kappa shape index (κ2) is 15.6. The predicted molar refractivity (Wildman–Crippen MR) is 177 cm³/mol. The first kappa shape index (κ1) is 33.7. The lowest BCUT2D eigenvalue weighted by Crippen LogP contribution is -2.53. The second-order valence-electron chi connectivity index (χ2n) is 11.1. The van der Waals surface area contributed by atoms with Crippen molar-refractivity contribution in [3.8, 4) is 11.3 Å². The van der Waals surface area contributed by atoms with Crippen molar-refractivity contribution in [2.45, 2.75) is 93.2 Å². The molecule has 0 aromatic carbocycles. The summed E-state index contributed by atoms with van der Waals surface area (Å²) in [5.74, 6) is 2.64. The largest absolute Gasteiger partial charge is 0.465 e. The van der Waals surface area contributed by atoms with Gasteiger partial charge < -0.3 is 19.4 Å². The van der Waals surface area contributed by atoms with E-state index in [1.54, 1.807) is 6.20 Å². The lowest BCUT2D eigenvalue weighted by atomic mass is 10.1. The Morgan fingerprint density at radius 3 is 2.30 bits per heavy atom. The van der Waals surface area contributed by atoms with Gasteiger partial charge in [-0.15, -0.1) is 0 Å². The average molecular weight is 590 g/mol. The average Bonchev–Trinajstić information content (AvgIpc) is 3.48. The van der Waals surface area contributed by atoms with Crippen molar-refractivity contribution >= 4 is 23.6 Å². The second-order valence-corrected chi connectivity index (χ2v) is 11.1. The maximum atomic E-state index is 11.9. The van der Waals surface area contributed by atoms with Crippen LogP contribution in [0.25, 0.3) is 11.3 Å². The van der Waals surface area contributed by atoms with Crippen molar-refractivity contribution in [2.75, 3.05) is 48.0 Å². The highest BCUT2D eigenvalue weighted by atomic mass is 16.5. The zero-order chi connectivity index (χ0) is 31.7. The quantitative estimate of drug-likeness (QED) is 0.285. The molecule has 2 atom stereocenters. The molecule has 0 amide bonds. The van der Waals surface area contributed by atoms with Crippen molar-refractivity contribution in [1.29, 1.82) is 0 Å². The van der Waals surface area contributed by atoms with Crippen molar-refractivity contribution < 1.29 is 9.53 Å². The molecule has 3 aromatic heterocycles. The number of ether oxygens (including phenoxy) is 1. The van der Waals surface area contributed by atoms with E-state index in [9.17, 15) is 4.79 Å². The number of pyridine rings is 2. The van der Waals surface area contributed by atoms with Crippen LogP contribution < -0.4 is 14.7 Å². The van der Waals surface area contributed by atoms with Crippen LogP contribution in [0, 0.1) is 6.92 Å². The van der Waals surface area contributed by atoms with Gasteiger partial charge in [0.2, 0.25) is 5.95 Å². The Balaban J connectivity index is 0.00000121. The van der Waals surface area contributed by atoms with E-state index in [2.05, 4.69) is 64.5 Å². The topological polar surface area (TPSA) is 87.6 Å². The summed E-state index contributed by atoms with van der Waals surface area (Å²) in [4.78, 5) is 38.3. The van der Waals surface area contributed by atoms with Crippen LogP contribution in [0.1, 0.15) is 95.8 Å². The van der Waals surface area contributed by atoms with Gasteiger partial charge in [-0.25, -0.2) is 14.8 Å². The summed E-state index contributed by atoms with van der Waals surface area (Å²) in [6.07, 6.45) is 5.80. The van der Waals surface area contributed by atoms with Gasteiger partial charge in [0.1, 0.15) is 11.6 Å². The van der Waals surface area contributed by atoms with Crippen LogP contribution >= 0.6 is 0 Å². The normalized spacial score (nSPS) is 18.1. The van der Waals surface area contributed by atoms with Gasteiger partial charge in [0.05, 0.1) is 18.4 Å². The fourth-order valence-electron chi connectivity index (χ4n) is 5.62. The van der Waals surface area contributed by atoms with Crippen LogP contribution in [0.2, 0.25) is 0 Å². The molecule has 5 heterocycles. The highest BCUT2D eigenvalue weighted by molar-refractivity contribution is 5.89. The lowest BCUT2D eigenvalue weighted by molar-refractivity contribution is 0.0600. The molecule has 43 heavy (non-hydrogen) atoms. The molecule has 0 spiro atoms. The number of esters is 1. The first-order valence-corrected chi connectivity index (χ1v) is 15.9. The molecule has 2 fully saturated rings. The first-order chi connectivity index (χ1) is 20.7. The van der Waals surface area contributed by atoms with Gasteiger partial charge >= 0.3 is 5.97 Å². The Bertz CT molecular complexity index is 1350. The SMILES string of the molecule is CC.CC.COC(=O)c1cnc(N2CCN(c3cc(-c4ccnc(C(C)C)c4)nc(N4CCCC4C)n3)C(C)C2)c(C)c1. The molecule has 234 valence electrons. The molecule has 2 aliphatic heterocycles. The number of hydrogen-bond donors (Lipinski definition) is 0. The minimum absolute atomic E-state index is 0.204. The van der Waals surface area contributed by atoms with E-state index >= 15 is 0 Å². The van der Waals surface area contributed by atoms with Crippen LogP contribution in [0.5, 0.6) is 0 Å². The molecule has 0 bridgehead atoms. The summed E-state index contributed by atoms with van der Waals surface area (Å²) in [7, 11) is 1.39. The van der Waals surface area contributed by atoms with E-state index in [-0.39, 0.29) is 12.0 Å². The first-order valence-electron chi connectivity index (χ1n) is 15.9. The lowest BCUT2D eigenvalue weighted by Gasteiger charge is -2.41. The van der Waals surface area contributed by atoms with Crippen molar-refractivity contribution in [2.24, 2.45) is 0 Å². The molecule has 0 aliphatic carbocycles. The summed E-state index contributed by atoms with van der Waals surface area (Å²) < 4.78 is 4.85. The van der Waals surface area contributed by atoms with Crippen LogP contribution in [0.4, 0.5) is 17.6 Å². The highest BCUT2D eigenvalue weighted by Crippen LogP contribution is 2.32. The number of methoxy groups -OCH3 is 1. The molecular formula is C34H51N7O2. The molecular weight excluding hydrogens is 538 g/mol. The maximum Gasteiger partial charge on any atom is 0.339 e. The minimum Gasteiger partial charge on any atom is -0.465 e. The molecule has 2 aliphatic rings. The Morgan fingerprint density at radius 1 is 0.953 bits per heavy atom. The zero-order valence-corrected chi connectivity index (χ0v) is 27.9. The molecule has 5 rings (SSSR count). The van der Waals surface area contributed by atoms with Gasteiger partial charge in [0.15, 0.2) is 0 Å². The standard InChI is InChI=1S/C30H39N7O2.2C2H6/c1-19(2)25-15-23(9-10-31-25)26-16-27(34-30(33-26)37-11-7-8-21(37)4)36-13-12-35(18-22(36)5)28-20(3)14-24(17-32-28)29(38)39-6;2*1-2/h9-10,14-17,19,21-22H,7-8,11-13,18H2,1-6H3;2*1-2H3. The third-order valence-corrected chi connectivity index (χ3v) is 7.87. The fourth-order valence-corrected chi connectivity index (χ4v) is 5.62. The van der Waals surface area contributed by atoms with E-state index in [0.717, 1.165) is 79.1 Å². The summed E-state index contributed by atoms with van der Waals surface area (Å²) in [5.41, 5.74) is 4.50. The summed E-state index contributed by atoms with van der Waals surface area (Å²) in [6.45, 7) is 22.2. The Hall–Kier alpha value is -3.75. The number of piperazine rings is 1. The van der Waals surface area contributed by atoms with Crippen molar-refractivity contribution in [3.63, 3.8) is 0 Å². The van der Waals surface area contributed by atoms with Gasteiger partial charge in [-0.05, 0) is 63.3 Å². The Labute approximate surface area is 258 Å². The Morgan fingerprint density at radius 2 is 1.70 bits per heavy atom. The summed E-state index contributed by atoms with van der Waals surface area (Å²) in [5, 5.41) is 0. The number of carbonyl (C=O) groups is 1. The van der Waals surface area contributed by atoms with Gasteiger partial charge in [-0.3, -0.25) is 4.98 Å². The maximum absolute atomic E-state index is 11.9. The molecule has 0 saturated carbocycles. The molecule has 0 N–H and O–H groups in total. The molecule has 2 unspecified atom stereocenters. The highest BCUT2D eigenvalue weighted by Gasteiger charge is 2.29. The van der Waals surface area contributed by atoms with Gasteiger partial charge in [0, 0.05) is 68.0 Å². The third-order valence-electron chi connectivity index (χ3n) is 7.87. The molecule has 9 nitrogen and oxygen atoms in total. The number of aryl methyl sites for hydroxylation is 1. The number of carbonyl (C=O) groups excluding carboxylic acids is 1. The van der Waals surface area contributed by atoms with E-state index in [0.29, 0.717) is 17.5 Å². The van der Waals surface area contributed by atoms with E-state index in [1.807, 2.05) is 52.9 Å². The monoisotopic (exact) mass is 589 g/mol. The summed E-state index contributed by atoms with van der Waals surface area (Å²) in [6, 6.07) is 8.81. The molecule has 3 aromatic rings. The number of rotatable bonds is 6. The van der Waals surface area contributed by atoms with Crippen LogP contribution in [-0.4, -0.2) is 71.3 Å². The molecule has 9 heteroatoms. The van der Waals surface area contributed by atoms with Crippen LogP contribution in [-0.2, 0) is 4.74 Å². The predicted octanol–water partition coefficient (Wildman–Crippen LogP) is 6.91. The van der Waals surface area contributed by atoms with Gasteiger partial charge in [-0.2, -0.15) is 4.98 Å². The number of nitrogens with zero attached hydrogens (tertiary/aromatic N) is 7. The van der Waals surface area contributed by atoms with Crippen molar-refractivity contribution in [3.05, 3.63) is 53.5 Å². The number of hydrogen-bond acceptors (Lipinski definition) is 9. The minimum atomic E-state index is -0.368. The zero-order valence-electron chi connectivity index (χ0n) is 27.9. The van der Waals surface area contributed by atoms with E-state index in [4.69, 9.17) is 14.7 Å². The van der Waals surface area contributed by atoms with Crippen LogP contribution in [0.3, 0.4) is 0 Å². The fraction of sp³-hybridized carbons (Fsp3) is 0.559.